The number of methoxy groups -OCH3 is 1. The van der Waals surface area contributed by atoms with Gasteiger partial charge in [-0.3, -0.25) is 0 Å². The zero-order valence-electron chi connectivity index (χ0n) is 13.4. The molecule has 0 atom stereocenters. The van der Waals surface area contributed by atoms with Crippen LogP contribution in [0.2, 0.25) is 0 Å². The summed E-state index contributed by atoms with van der Waals surface area (Å²) in [5.74, 6) is 1.55. The van der Waals surface area contributed by atoms with Gasteiger partial charge in [0.2, 0.25) is 11.4 Å². The van der Waals surface area contributed by atoms with Crippen LogP contribution in [-0.2, 0) is 0 Å². The Kier molecular flexibility index (Phi) is 9.34. The summed E-state index contributed by atoms with van der Waals surface area (Å²) in [4.78, 5) is 0. The van der Waals surface area contributed by atoms with Crippen LogP contribution in [0.15, 0.2) is 65.8 Å². The van der Waals surface area contributed by atoms with Gasteiger partial charge in [-0.05, 0) is 17.7 Å². The summed E-state index contributed by atoms with van der Waals surface area (Å²) in [6.07, 6.45) is 5.88. The van der Waals surface area contributed by atoms with E-state index in [1.165, 1.54) is 17.3 Å². The van der Waals surface area contributed by atoms with Gasteiger partial charge in [0.1, 0.15) is 5.75 Å². The average molecular weight is 362 g/mol. The van der Waals surface area contributed by atoms with Crippen LogP contribution in [0.3, 0.4) is 0 Å². The van der Waals surface area contributed by atoms with Gasteiger partial charge in [0, 0.05) is 10.9 Å². The standard InChI is InChI=1S/C18H19N3OS.ClH/c1-22-17-12-6-5-11-16(17)14-20-21-18(19)23-13-7-10-15-8-3-2-4-9-15;/h2-12,14H,13H2,1H3,(H2,19,21);1H. The van der Waals surface area contributed by atoms with Crippen molar-refractivity contribution < 1.29 is 22.2 Å². The Bertz CT molecular complexity index is 702. The molecule has 0 unspecified atom stereocenters. The molecule has 0 bridgehead atoms. The normalized spacial score (nSPS) is 11.6. The summed E-state index contributed by atoms with van der Waals surface area (Å²) in [6.45, 7) is 0. The number of hydrogen-bond acceptors (Lipinski definition) is 3. The Balaban J connectivity index is 0.00000288. The molecule has 0 fully saturated rings. The average Bonchev–Trinajstić information content (AvgIpc) is 2.60. The fourth-order valence-electron chi connectivity index (χ4n) is 1.87. The van der Waals surface area contributed by atoms with Crippen molar-refractivity contribution >= 4 is 29.2 Å². The molecule has 0 heterocycles. The third-order valence-electron chi connectivity index (χ3n) is 2.97. The molecule has 2 rings (SSSR count). The van der Waals surface area contributed by atoms with E-state index in [-0.39, 0.29) is 12.4 Å². The predicted molar refractivity (Wildman–Crippen MR) is 98.7 cm³/mol. The predicted octanol–water partition coefficient (Wildman–Crippen LogP) is -1.12. The van der Waals surface area contributed by atoms with E-state index < -0.39 is 0 Å². The second-order valence-corrected chi connectivity index (χ2v) is 5.63. The molecule has 0 aliphatic carbocycles. The van der Waals surface area contributed by atoms with Crippen LogP contribution in [0.25, 0.3) is 6.08 Å². The first-order valence-electron chi connectivity index (χ1n) is 7.19. The van der Waals surface area contributed by atoms with Gasteiger partial charge in [-0.15, -0.1) is 5.10 Å². The van der Waals surface area contributed by atoms with Crippen molar-refractivity contribution in [3.63, 3.8) is 0 Å². The van der Waals surface area contributed by atoms with E-state index in [4.69, 9.17) is 10.5 Å². The molecule has 0 aromatic heterocycles. The number of hydrogen-bond donors (Lipinski definition) is 2. The van der Waals surface area contributed by atoms with Gasteiger partial charge >= 0.3 is 0 Å². The van der Waals surface area contributed by atoms with E-state index in [0.717, 1.165) is 17.1 Å². The minimum absolute atomic E-state index is 0. The number of thioether (sulfide) groups is 1. The molecule has 24 heavy (non-hydrogen) atoms. The number of hydrazone groups is 1. The number of rotatable bonds is 6. The third kappa shape index (κ3) is 6.89. The van der Waals surface area contributed by atoms with Crippen LogP contribution in [0.4, 0.5) is 0 Å². The molecule has 3 N–H and O–H groups in total. The second kappa shape index (κ2) is 11.3. The van der Waals surface area contributed by atoms with Crippen LogP contribution in [0.1, 0.15) is 11.1 Å². The van der Waals surface area contributed by atoms with Crippen molar-refractivity contribution in [2.45, 2.75) is 0 Å². The lowest BCUT2D eigenvalue weighted by molar-refractivity contribution is -0.456. The van der Waals surface area contributed by atoms with Crippen molar-refractivity contribution in [1.82, 2.24) is 0 Å². The first-order valence-corrected chi connectivity index (χ1v) is 8.17. The maximum Gasteiger partial charge on any atom is 0.226 e. The number of ether oxygens (including phenoxy) is 1. The first kappa shape index (κ1) is 19.8. The Hall–Kier alpha value is -2.24. The Morgan fingerprint density at radius 2 is 1.88 bits per heavy atom. The molecular formula is C18H20ClN3OS. The summed E-state index contributed by atoms with van der Waals surface area (Å²) >= 11 is 1.47. The number of halogens is 1. The minimum Gasteiger partial charge on any atom is -1.00 e. The molecule has 0 aliphatic heterocycles. The molecule has 0 radical (unpaired) electrons. The largest absolute Gasteiger partial charge is 1.00 e. The van der Waals surface area contributed by atoms with E-state index in [0.29, 0.717) is 5.17 Å². The van der Waals surface area contributed by atoms with Crippen LogP contribution in [0.5, 0.6) is 5.75 Å². The molecule has 0 spiro atoms. The Morgan fingerprint density at radius 1 is 1.17 bits per heavy atom. The molecule has 126 valence electrons. The summed E-state index contributed by atoms with van der Waals surface area (Å²) < 4.78 is 5.26. The molecule has 2 aromatic carbocycles. The van der Waals surface area contributed by atoms with Gasteiger partial charge in [-0.25, -0.2) is 0 Å². The van der Waals surface area contributed by atoms with E-state index >= 15 is 0 Å². The number of amidine groups is 1. The maximum atomic E-state index is 5.85. The van der Waals surface area contributed by atoms with Crippen molar-refractivity contribution in [2.24, 2.45) is 10.8 Å². The van der Waals surface area contributed by atoms with Gasteiger partial charge < -0.3 is 22.9 Å². The fourth-order valence-corrected chi connectivity index (χ4v) is 2.35. The highest BCUT2D eigenvalue weighted by Gasteiger charge is 2.00. The number of nitrogens with zero attached hydrogens (tertiary/aromatic N) is 1. The van der Waals surface area contributed by atoms with Crippen molar-refractivity contribution in [2.75, 3.05) is 12.9 Å². The second-order valence-electron chi connectivity index (χ2n) is 4.59. The monoisotopic (exact) mass is 361 g/mol. The number of nitrogens with one attached hydrogen (secondary N) is 1. The zero-order chi connectivity index (χ0) is 16.3. The topological polar surface area (TPSA) is 61.6 Å². The van der Waals surface area contributed by atoms with E-state index in [1.54, 1.807) is 13.3 Å². The lowest BCUT2D eigenvalue weighted by atomic mass is 10.2. The van der Waals surface area contributed by atoms with Crippen LogP contribution in [-0.4, -0.2) is 24.2 Å². The molecule has 0 saturated heterocycles. The number of nitrogens with two attached hydrogens (primary N) is 1. The van der Waals surface area contributed by atoms with Crippen LogP contribution < -0.4 is 28.0 Å². The van der Waals surface area contributed by atoms with Crippen molar-refractivity contribution in [3.8, 4) is 5.75 Å². The minimum atomic E-state index is 0. The molecule has 0 amide bonds. The van der Waals surface area contributed by atoms with E-state index in [1.807, 2.05) is 42.5 Å². The smallest absolute Gasteiger partial charge is 0.226 e. The van der Waals surface area contributed by atoms with Gasteiger partial charge in [-0.1, -0.05) is 66.4 Å². The van der Waals surface area contributed by atoms with Crippen molar-refractivity contribution in [3.05, 3.63) is 71.8 Å². The highest BCUT2D eigenvalue weighted by atomic mass is 35.5. The molecular weight excluding hydrogens is 342 g/mol. The summed E-state index contributed by atoms with van der Waals surface area (Å²) in [6, 6.07) is 17.8. The summed E-state index contributed by atoms with van der Waals surface area (Å²) in [7, 11) is 1.64. The highest BCUT2D eigenvalue weighted by Crippen LogP contribution is 2.13. The SMILES string of the molecule is COc1ccccc1C=[NH+]N=C(N)SCC=Cc1ccccc1.[Cl-]. The lowest BCUT2D eigenvalue weighted by Gasteiger charge is -1.99. The summed E-state index contributed by atoms with van der Waals surface area (Å²) in [5, 5.41) is 7.43. The van der Waals surface area contributed by atoms with Gasteiger partial charge in [-0.2, -0.15) is 0 Å². The quantitative estimate of drug-likeness (QED) is 0.389. The number of para-hydroxylation sites is 1. The molecule has 4 nitrogen and oxygen atoms in total. The fraction of sp³-hybridized carbons (Fsp3) is 0.111. The highest BCUT2D eigenvalue weighted by molar-refractivity contribution is 8.13. The van der Waals surface area contributed by atoms with Gasteiger partial charge in [0.05, 0.1) is 12.7 Å². The van der Waals surface area contributed by atoms with Gasteiger partial charge in [0.15, 0.2) is 0 Å². The summed E-state index contributed by atoms with van der Waals surface area (Å²) in [5.41, 5.74) is 7.94. The van der Waals surface area contributed by atoms with Gasteiger partial charge in [0.25, 0.3) is 0 Å². The maximum absolute atomic E-state index is 5.85. The molecule has 0 saturated carbocycles. The number of benzene rings is 2. The Labute approximate surface area is 152 Å². The molecule has 0 aliphatic rings. The third-order valence-corrected chi connectivity index (χ3v) is 3.72. The van der Waals surface area contributed by atoms with Crippen molar-refractivity contribution in [1.29, 1.82) is 0 Å². The molecule has 6 heteroatoms. The Morgan fingerprint density at radius 3 is 2.62 bits per heavy atom. The molecule has 2 aromatic rings. The van der Waals surface area contributed by atoms with Crippen LogP contribution in [0, 0.1) is 0 Å². The first-order chi connectivity index (χ1) is 11.3. The van der Waals surface area contributed by atoms with E-state index in [9.17, 15) is 0 Å². The lowest BCUT2D eigenvalue weighted by Crippen LogP contribution is -3.00. The van der Waals surface area contributed by atoms with E-state index in [2.05, 4.69) is 34.5 Å². The van der Waals surface area contributed by atoms with Crippen LogP contribution >= 0.6 is 11.8 Å². The zero-order valence-corrected chi connectivity index (χ0v) is 14.9.